The minimum Gasteiger partial charge on any atom is -0.494 e. The molecule has 4 nitrogen and oxygen atoms in total. The van der Waals surface area contributed by atoms with Crippen molar-refractivity contribution in [2.24, 2.45) is 0 Å². The van der Waals surface area contributed by atoms with E-state index in [0.717, 1.165) is 41.0 Å². The van der Waals surface area contributed by atoms with Crippen molar-refractivity contribution in [1.29, 1.82) is 0 Å². The average molecular weight is 421 g/mol. The van der Waals surface area contributed by atoms with Gasteiger partial charge in [-0.3, -0.25) is 9.78 Å². The van der Waals surface area contributed by atoms with Gasteiger partial charge in [0.2, 0.25) is 0 Å². The maximum Gasteiger partial charge on any atom is 0.195 e. The van der Waals surface area contributed by atoms with E-state index in [1.54, 1.807) is 12.4 Å². The van der Waals surface area contributed by atoms with Crippen LogP contribution in [0.2, 0.25) is 0 Å². The highest BCUT2D eigenvalue weighted by Gasteiger charge is 2.31. The third-order valence-electron chi connectivity index (χ3n) is 5.01. The van der Waals surface area contributed by atoms with Crippen molar-refractivity contribution in [1.82, 2.24) is 9.88 Å². The summed E-state index contributed by atoms with van der Waals surface area (Å²) in [5.41, 5.74) is 5.15. The second kappa shape index (κ2) is 9.70. The van der Waals surface area contributed by atoms with E-state index >= 15 is 0 Å². The molecule has 5 heteroatoms. The second-order valence-electron chi connectivity index (χ2n) is 7.40. The molecule has 2 aromatic carbocycles. The normalized spacial score (nSPS) is 12.7. The lowest BCUT2D eigenvalue weighted by atomic mass is 9.95. The fourth-order valence-electron chi connectivity index (χ4n) is 3.66. The minimum absolute atomic E-state index is 0. The number of ether oxygens (including phenoxy) is 1. The first-order valence-corrected chi connectivity index (χ1v) is 9.82. The molecule has 0 N–H and O–H groups in total. The lowest BCUT2D eigenvalue weighted by Crippen LogP contribution is -2.15. The van der Waals surface area contributed by atoms with Gasteiger partial charge in [-0.15, -0.1) is 12.4 Å². The number of rotatable bonds is 7. The van der Waals surface area contributed by atoms with Crippen LogP contribution in [-0.2, 0) is 0 Å². The number of halogens is 1. The number of carbonyl (C=O) groups excluding carboxylic acids is 1. The van der Waals surface area contributed by atoms with E-state index < -0.39 is 0 Å². The SMILES string of the molecule is CN(C)CCCOc1ccc2c(c1)C(=O)C(c1cccnc1)=C2c1ccccc1.Cl. The fourth-order valence-corrected chi connectivity index (χ4v) is 3.66. The Bertz CT molecular complexity index is 1050. The molecule has 0 atom stereocenters. The van der Waals surface area contributed by atoms with Crippen molar-refractivity contribution >= 4 is 29.3 Å². The summed E-state index contributed by atoms with van der Waals surface area (Å²) in [5.74, 6) is 0.751. The topological polar surface area (TPSA) is 42.4 Å². The van der Waals surface area contributed by atoms with E-state index in [2.05, 4.69) is 9.88 Å². The highest BCUT2D eigenvalue weighted by atomic mass is 35.5. The van der Waals surface area contributed by atoms with Crippen molar-refractivity contribution in [2.45, 2.75) is 6.42 Å². The second-order valence-corrected chi connectivity index (χ2v) is 7.40. The van der Waals surface area contributed by atoms with Crippen LogP contribution in [0, 0.1) is 0 Å². The zero-order chi connectivity index (χ0) is 20.2. The van der Waals surface area contributed by atoms with Gasteiger partial charge in [0.15, 0.2) is 5.78 Å². The van der Waals surface area contributed by atoms with Gasteiger partial charge in [0, 0.05) is 41.2 Å². The molecule has 3 aromatic rings. The van der Waals surface area contributed by atoms with Crippen LogP contribution in [0.1, 0.15) is 33.5 Å². The molecule has 1 aliphatic carbocycles. The first-order valence-electron chi connectivity index (χ1n) is 9.82. The zero-order valence-corrected chi connectivity index (χ0v) is 18.0. The Kier molecular flexibility index (Phi) is 7.03. The molecule has 0 radical (unpaired) electrons. The number of pyridine rings is 1. The van der Waals surface area contributed by atoms with Crippen LogP contribution in [0.25, 0.3) is 11.1 Å². The summed E-state index contributed by atoms with van der Waals surface area (Å²) in [5, 5.41) is 0. The number of aromatic nitrogens is 1. The van der Waals surface area contributed by atoms with Crippen LogP contribution in [0.3, 0.4) is 0 Å². The molecule has 1 aliphatic rings. The molecular formula is C25H25ClN2O2. The van der Waals surface area contributed by atoms with E-state index in [1.165, 1.54) is 0 Å². The summed E-state index contributed by atoms with van der Waals surface area (Å²) in [6.07, 6.45) is 4.41. The Labute approximate surface area is 183 Å². The Morgan fingerprint density at radius 1 is 0.900 bits per heavy atom. The summed E-state index contributed by atoms with van der Waals surface area (Å²) < 4.78 is 5.90. The molecule has 0 unspecified atom stereocenters. The van der Waals surface area contributed by atoms with Gasteiger partial charge in [-0.25, -0.2) is 0 Å². The summed E-state index contributed by atoms with van der Waals surface area (Å²) >= 11 is 0. The van der Waals surface area contributed by atoms with Crippen LogP contribution in [0.4, 0.5) is 0 Å². The summed E-state index contributed by atoms with van der Waals surface area (Å²) in [6, 6.07) is 19.7. The maximum absolute atomic E-state index is 13.4. The molecule has 0 bridgehead atoms. The number of carbonyl (C=O) groups is 1. The molecule has 0 saturated heterocycles. The summed E-state index contributed by atoms with van der Waals surface area (Å²) in [4.78, 5) is 19.8. The number of fused-ring (bicyclic) bond motifs is 1. The minimum atomic E-state index is 0. The standard InChI is InChI=1S/C25H24N2O2.ClH/c1-27(2)14-7-15-29-20-11-12-21-22(16-20)25(28)24(19-10-6-13-26-17-19)23(21)18-8-4-3-5-9-18;/h3-6,8-13,16-17H,7,14-15H2,1-2H3;1H. The van der Waals surface area contributed by atoms with Crippen molar-refractivity contribution in [3.05, 3.63) is 95.3 Å². The monoisotopic (exact) mass is 420 g/mol. The van der Waals surface area contributed by atoms with Crippen LogP contribution in [-0.4, -0.2) is 42.9 Å². The first-order chi connectivity index (χ1) is 14.1. The highest BCUT2D eigenvalue weighted by Crippen LogP contribution is 2.43. The van der Waals surface area contributed by atoms with Gasteiger partial charge >= 0.3 is 0 Å². The molecule has 1 heterocycles. The van der Waals surface area contributed by atoms with Gasteiger partial charge in [0.25, 0.3) is 0 Å². The molecule has 30 heavy (non-hydrogen) atoms. The Morgan fingerprint density at radius 3 is 2.37 bits per heavy atom. The largest absolute Gasteiger partial charge is 0.494 e. The molecule has 0 saturated carbocycles. The van der Waals surface area contributed by atoms with E-state index in [4.69, 9.17) is 4.74 Å². The van der Waals surface area contributed by atoms with Crippen molar-refractivity contribution in [2.75, 3.05) is 27.2 Å². The van der Waals surface area contributed by atoms with Gasteiger partial charge in [-0.2, -0.15) is 0 Å². The molecule has 0 amide bonds. The van der Waals surface area contributed by atoms with E-state index in [-0.39, 0.29) is 18.2 Å². The van der Waals surface area contributed by atoms with Gasteiger partial charge in [-0.05, 0) is 55.9 Å². The molecular weight excluding hydrogens is 396 g/mol. The highest BCUT2D eigenvalue weighted by molar-refractivity contribution is 6.41. The van der Waals surface area contributed by atoms with Crippen molar-refractivity contribution in [3.63, 3.8) is 0 Å². The zero-order valence-electron chi connectivity index (χ0n) is 17.2. The quantitative estimate of drug-likeness (QED) is 0.505. The van der Waals surface area contributed by atoms with Gasteiger partial charge < -0.3 is 9.64 Å². The summed E-state index contributed by atoms with van der Waals surface area (Å²) in [7, 11) is 4.09. The van der Waals surface area contributed by atoms with Gasteiger partial charge in [-0.1, -0.05) is 36.4 Å². The Morgan fingerprint density at radius 2 is 1.67 bits per heavy atom. The lowest BCUT2D eigenvalue weighted by Gasteiger charge is -2.11. The predicted octanol–water partition coefficient (Wildman–Crippen LogP) is 4.99. The predicted molar refractivity (Wildman–Crippen MR) is 123 cm³/mol. The van der Waals surface area contributed by atoms with E-state index in [9.17, 15) is 4.79 Å². The van der Waals surface area contributed by atoms with Crippen molar-refractivity contribution in [3.8, 4) is 5.75 Å². The molecule has 1 aromatic heterocycles. The first kappa shape index (κ1) is 21.8. The van der Waals surface area contributed by atoms with Crippen LogP contribution in [0.15, 0.2) is 73.1 Å². The van der Waals surface area contributed by atoms with E-state index in [0.29, 0.717) is 17.7 Å². The summed E-state index contributed by atoms with van der Waals surface area (Å²) in [6.45, 7) is 1.59. The fraction of sp³-hybridized carbons (Fsp3) is 0.200. The maximum atomic E-state index is 13.4. The number of hydrogen-bond donors (Lipinski definition) is 0. The lowest BCUT2D eigenvalue weighted by molar-refractivity contribution is 0.105. The number of allylic oxidation sites excluding steroid dienone is 1. The number of Topliss-reactive ketones (excluding diaryl/α,β-unsaturated/α-hetero) is 1. The van der Waals surface area contributed by atoms with Crippen LogP contribution < -0.4 is 4.74 Å². The molecule has 154 valence electrons. The van der Waals surface area contributed by atoms with Crippen LogP contribution in [0.5, 0.6) is 5.75 Å². The number of ketones is 1. The third kappa shape index (κ3) is 4.45. The molecule has 0 fully saturated rings. The smallest absolute Gasteiger partial charge is 0.195 e. The molecule has 0 spiro atoms. The third-order valence-corrected chi connectivity index (χ3v) is 5.01. The average Bonchev–Trinajstić information content (AvgIpc) is 3.04. The Balaban J connectivity index is 0.00000256. The molecule has 4 rings (SSSR count). The van der Waals surface area contributed by atoms with Crippen molar-refractivity contribution < 1.29 is 9.53 Å². The van der Waals surface area contributed by atoms with Crippen LogP contribution >= 0.6 is 12.4 Å². The molecule has 0 aliphatic heterocycles. The Hall–Kier alpha value is -2.95. The number of hydrogen-bond acceptors (Lipinski definition) is 4. The number of benzene rings is 2. The van der Waals surface area contributed by atoms with E-state index in [1.807, 2.05) is 74.8 Å². The number of nitrogens with zero attached hydrogens (tertiary/aromatic N) is 2. The van der Waals surface area contributed by atoms with Gasteiger partial charge in [0.1, 0.15) is 5.75 Å². The van der Waals surface area contributed by atoms with Gasteiger partial charge in [0.05, 0.1) is 6.61 Å².